The van der Waals surface area contributed by atoms with E-state index in [-0.39, 0.29) is 11.9 Å². The molecule has 0 unspecified atom stereocenters. The Kier molecular flexibility index (Phi) is 7.62. The number of benzene rings is 3. The number of amides is 1. The lowest BCUT2D eigenvalue weighted by Crippen LogP contribution is -2.30. The summed E-state index contributed by atoms with van der Waals surface area (Å²) in [6, 6.07) is 27.0. The normalized spacial score (nSPS) is 15.6. The van der Waals surface area contributed by atoms with Gasteiger partial charge in [0.2, 0.25) is 0 Å². The van der Waals surface area contributed by atoms with E-state index in [1.54, 1.807) is 0 Å². The highest BCUT2D eigenvalue weighted by Crippen LogP contribution is 2.36. The van der Waals surface area contributed by atoms with Crippen molar-refractivity contribution in [1.29, 1.82) is 0 Å². The molecule has 0 aliphatic carbocycles. The van der Waals surface area contributed by atoms with Crippen molar-refractivity contribution >= 4 is 17.3 Å². The first kappa shape index (κ1) is 22.8. The summed E-state index contributed by atoms with van der Waals surface area (Å²) in [6.45, 7) is 4.42. The van der Waals surface area contributed by atoms with E-state index in [9.17, 15) is 4.79 Å². The van der Waals surface area contributed by atoms with Crippen LogP contribution >= 0.6 is 0 Å². The maximum absolute atomic E-state index is 13.6. The number of carbonyl (C=O) groups excluding carboxylic acids is 1. The summed E-state index contributed by atoms with van der Waals surface area (Å²) in [4.78, 5) is 15.5. The molecule has 0 fully saturated rings. The van der Waals surface area contributed by atoms with Crippen LogP contribution in [0.5, 0.6) is 0 Å². The van der Waals surface area contributed by atoms with Crippen LogP contribution in [-0.2, 0) is 17.6 Å². The van der Waals surface area contributed by atoms with Crippen molar-refractivity contribution in [2.45, 2.75) is 58.4 Å². The Balaban J connectivity index is 1.58. The summed E-state index contributed by atoms with van der Waals surface area (Å²) in [5.41, 5.74) is 6.25. The van der Waals surface area contributed by atoms with Gasteiger partial charge in [-0.15, -0.1) is 0 Å². The van der Waals surface area contributed by atoms with Crippen LogP contribution in [0.1, 0.15) is 62.3 Å². The monoisotopic (exact) mass is 438 g/mol. The molecule has 4 rings (SSSR count). The van der Waals surface area contributed by atoms with Crippen LogP contribution in [0.3, 0.4) is 0 Å². The van der Waals surface area contributed by atoms with Crippen molar-refractivity contribution in [3.63, 3.8) is 0 Å². The van der Waals surface area contributed by atoms with Gasteiger partial charge in [0.15, 0.2) is 0 Å². The number of rotatable bonds is 10. The minimum atomic E-state index is -0.133. The lowest BCUT2D eigenvalue weighted by Gasteiger charge is -2.25. The van der Waals surface area contributed by atoms with Crippen LogP contribution in [0.4, 0.5) is 11.4 Å². The van der Waals surface area contributed by atoms with Crippen molar-refractivity contribution in [3.8, 4) is 0 Å². The van der Waals surface area contributed by atoms with Crippen molar-refractivity contribution in [1.82, 2.24) is 0 Å². The number of anilines is 2. The molecule has 0 radical (unpaired) electrons. The number of nitrogens with one attached hydrogen (secondary N) is 1. The van der Waals surface area contributed by atoms with E-state index in [1.807, 2.05) is 29.2 Å². The molecule has 0 spiro atoms. The number of carbonyl (C=O) groups is 1. The van der Waals surface area contributed by atoms with Crippen molar-refractivity contribution in [2.24, 2.45) is 0 Å². The Bertz CT molecular complexity index is 1070. The SMILES string of the molecule is CCCCc1ccc(NC2=C[C@@H](c3ccccc3)N(c3ccc(CCCC)cc3)C2=O)cc1. The van der Waals surface area contributed by atoms with E-state index in [0.717, 1.165) is 29.8 Å². The second-order valence-corrected chi connectivity index (χ2v) is 8.81. The Morgan fingerprint density at radius 2 is 1.33 bits per heavy atom. The largest absolute Gasteiger partial charge is 0.351 e. The predicted molar refractivity (Wildman–Crippen MR) is 138 cm³/mol. The van der Waals surface area contributed by atoms with Gasteiger partial charge >= 0.3 is 0 Å². The van der Waals surface area contributed by atoms with Gasteiger partial charge < -0.3 is 5.32 Å². The van der Waals surface area contributed by atoms with Crippen LogP contribution in [0.15, 0.2) is 90.6 Å². The smallest absolute Gasteiger partial charge is 0.275 e. The number of aryl methyl sites for hydroxylation is 2. The van der Waals surface area contributed by atoms with Crippen LogP contribution in [0.2, 0.25) is 0 Å². The Morgan fingerprint density at radius 1 is 0.758 bits per heavy atom. The molecule has 3 heteroatoms. The minimum absolute atomic E-state index is 0.000204. The molecule has 170 valence electrons. The molecule has 1 atom stereocenters. The van der Waals surface area contributed by atoms with Crippen molar-refractivity contribution in [2.75, 3.05) is 10.2 Å². The first-order valence-corrected chi connectivity index (χ1v) is 12.2. The molecule has 0 bridgehead atoms. The molecule has 1 aliphatic heterocycles. The minimum Gasteiger partial charge on any atom is -0.351 e. The van der Waals surface area contributed by atoms with Gasteiger partial charge in [-0.25, -0.2) is 0 Å². The van der Waals surface area contributed by atoms with Gasteiger partial charge in [-0.1, -0.05) is 81.3 Å². The summed E-state index contributed by atoms with van der Waals surface area (Å²) in [7, 11) is 0. The second kappa shape index (κ2) is 11.0. The van der Waals surface area contributed by atoms with Crippen LogP contribution in [0.25, 0.3) is 0 Å². The molecule has 1 N–H and O–H groups in total. The maximum Gasteiger partial charge on any atom is 0.275 e. The number of nitrogens with zero attached hydrogens (tertiary/aromatic N) is 1. The Labute approximate surface area is 198 Å². The van der Waals surface area contributed by atoms with Crippen molar-refractivity contribution < 1.29 is 4.79 Å². The lowest BCUT2D eigenvalue weighted by atomic mass is 10.0. The zero-order chi connectivity index (χ0) is 23.0. The highest BCUT2D eigenvalue weighted by atomic mass is 16.2. The summed E-state index contributed by atoms with van der Waals surface area (Å²) >= 11 is 0. The topological polar surface area (TPSA) is 32.3 Å². The van der Waals surface area contributed by atoms with E-state index in [1.165, 1.54) is 36.8 Å². The fourth-order valence-electron chi connectivity index (χ4n) is 4.32. The van der Waals surface area contributed by atoms with E-state index in [2.05, 4.69) is 79.8 Å². The number of hydrogen-bond acceptors (Lipinski definition) is 2. The van der Waals surface area contributed by atoms with Gasteiger partial charge in [0.1, 0.15) is 5.70 Å². The van der Waals surface area contributed by atoms with E-state index >= 15 is 0 Å². The third-order valence-corrected chi connectivity index (χ3v) is 6.28. The summed E-state index contributed by atoms with van der Waals surface area (Å²) in [6.07, 6.45) is 8.97. The summed E-state index contributed by atoms with van der Waals surface area (Å²) < 4.78 is 0. The van der Waals surface area contributed by atoms with Gasteiger partial charge in [0.25, 0.3) is 5.91 Å². The maximum atomic E-state index is 13.6. The quantitative estimate of drug-likeness (QED) is 0.356. The molecule has 0 saturated carbocycles. The fraction of sp³-hybridized carbons (Fsp3) is 0.300. The third kappa shape index (κ3) is 5.54. The molecule has 0 saturated heterocycles. The Hall–Kier alpha value is -3.33. The standard InChI is InChI=1S/C30H34N2O/c1-3-5-10-23-14-18-26(19-15-23)31-28-22-29(25-12-8-7-9-13-25)32(30(28)33)27-20-16-24(17-21-27)11-6-4-2/h7-9,12-22,29,31H,3-6,10-11H2,1-2H3/t29-/m0/s1. The molecular formula is C30H34N2O. The van der Waals surface area contributed by atoms with E-state index in [4.69, 9.17) is 0 Å². The summed E-state index contributed by atoms with van der Waals surface area (Å²) in [5.74, 6) is 0.000204. The number of hydrogen-bond donors (Lipinski definition) is 1. The van der Waals surface area contributed by atoms with Gasteiger partial charge in [0, 0.05) is 11.4 Å². The van der Waals surface area contributed by atoms with Crippen LogP contribution in [-0.4, -0.2) is 5.91 Å². The molecule has 33 heavy (non-hydrogen) atoms. The highest BCUT2D eigenvalue weighted by molar-refractivity contribution is 6.11. The van der Waals surface area contributed by atoms with Crippen LogP contribution in [0, 0.1) is 0 Å². The molecule has 1 heterocycles. The Morgan fingerprint density at radius 3 is 1.91 bits per heavy atom. The van der Waals surface area contributed by atoms with Gasteiger partial charge in [-0.3, -0.25) is 9.69 Å². The molecule has 1 amide bonds. The second-order valence-electron chi connectivity index (χ2n) is 8.81. The predicted octanol–water partition coefficient (Wildman–Crippen LogP) is 7.46. The van der Waals surface area contributed by atoms with E-state index < -0.39 is 0 Å². The first-order valence-electron chi connectivity index (χ1n) is 12.2. The van der Waals surface area contributed by atoms with Gasteiger partial charge in [-0.2, -0.15) is 0 Å². The molecule has 1 aliphatic rings. The molecular weight excluding hydrogens is 404 g/mol. The first-order chi connectivity index (χ1) is 16.2. The lowest BCUT2D eigenvalue weighted by molar-refractivity contribution is -0.114. The molecule has 3 aromatic carbocycles. The molecule has 0 aromatic heterocycles. The zero-order valence-electron chi connectivity index (χ0n) is 19.8. The summed E-state index contributed by atoms with van der Waals surface area (Å²) in [5, 5.41) is 3.38. The fourth-order valence-corrected chi connectivity index (χ4v) is 4.32. The molecule has 3 aromatic rings. The average Bonchev–Trinajstić information content (AvgIpc) is 3.19. The number of unbranched alkanes of at least 4 members (excludes halogenated alkanes) is 2. The van der Waals surface area contributed by atoms with Crippen molar-refractivity contribution in [3.05, 3.63) is 107 Å². The highest BCUT2D eigenvalue weighted by Gasteiger charge is 2.34. The van der Waals surface area contributed by atoms with E-state index in [0.29, 0.717) is 5.70 Å². The zero-order valence-corrected chi connectivity index (χ0v) is 19.8. The van der Waals surface area contributed by atoms with Gasteiger partial charge in [0.05, 0.1) is 6.04 Å². The van der Waals surface area contributed by atoms with Gasteiger partial charge in [-0.05, 0) is 72.7 Å². The molecule has 3 nitrogen and oxygen atoms in total. The average molecular weight is 439 g/mol. The third-order valence-electron chi connectivity index (χ3n) is 6.28. The van der Waals surface area contributed by atoms with Crippen LogP contribution < -0.4 is 10.2 Å².